The Hall–Kier alpha value is -0.980. The van der Waals surface area contributed by atoms with Crippen LogP contribution in [-0.2, 0) is 10.8 Å². The predicted octanol–water partition coefficient (Wildman–Crippen LogP) is 3.66. The molecule has 0 fully saturated rings. The summed E-state index contributed by atoms with van der Waals surface area (Å²) in [6.07, 6.45) is 2.52. The van der Waals surface area contributed by atoms with Gasteiger partial charge in [0.15, 0.2) is 0 Å². The van der Waals surface area contributed by atoms with Crippen molar-refractivity contribution in [3.05, 3.63) is 29.3 Å². The molecule has 1 radical (unpaired) electrons. The van der Waals surface area contributed by atoms with E-state index in [9.17, 15) is 0 Å². The molecule has 0 spiro atoms. The van der Waals surface area contributed by atoms with Crippen LogP contribution in [0.3, 0.4) is 0 Å². The molecule has 17 heavy (non-hydrogen) atoms. The number of hydrogen-bond donors (Lipinski definition) is 0. The molecule has 0 amide bonds. The molecule has 0 saturated heterocycles. The molecule has 0 bridgehead atoms. The Labute approximate surface area is 105 Å². The second-order valence-electron chi connectivity index (χ2n) is 6.89. The average molecular weight is 228 g/mol. The fraction of sp³-hybridized carbons (Fsp3) is 0.625. The molecule has 2 aliphatic heterocycles. The highest BCUT2D eigenvalue weighted by Gasteiger charge is 2.39. The van der Waals surface area contributed by atoms with E-state index in [-0.39, 0.29) is 0 Å². The van der Waals surface area contributed by atoms with Crippen molar-refractivity contribution in [2.75, 3.05) is 18.0 Å². The van der Waals surface area contributed by atoms with Gasteiger partial charge in [-0.25, -0.2) is 0 Å². The maximum atomic E-state index is 3.38. The van der Waals surface area contributed by atoms with Gasteiger partial charge in [-0.2, -0.15) is 0 Å². The van der Waals surface area contributed by atoms with Crippen molar-refractivity contribution in [1.29, 1.82) is 0 Å². The minimum atomic E-state index is 0.311. The van der Waals surface area contributed by atoms with Crippen molar-refractivity contribution < 1.29 is 0 Å². The topological polar surface area (TPSA) is 3.24 Å². The second-order valence-corrected chi connectivity index (χ2v) is 6.89. The molecule has 0 atom stereocenters. The highest BCUT2D eigenvalue weighted by atomic mass is 15.2. The van der Waals surface area contributed by atoms with Crippen LogP contribution in [0.25, 0.3) is 0 Å². The Kier molecular flexibility index (Phi) is 2.14. The van der Waals surface area contributed by atoms with E-state index in [0.29, 0.717) is 10.8 Å². The maximum absolute atomic E-state index is 3.38. The number of benzene rings is 1. The highest BCUT2D eigenvalue weighted by molar-refractivity contribution is 5.67. The molecular formula is C16H22N. The lowest BCUT2D eigenvalue weighted by molar-refractivity contribution is 0.401. The van der Waals surface area contributed by atoms with E-state index in [1.54, 1.807) is 0 Å². The summed E-state index contributed by atoms with van der Waals surface area (Å²) >= 11 is 0. The van der Waals surface area contributed by atoms with Gasteiger partial charge < -0.3 is 4.90 Å². The summed E-state index contributed by atoms with van der Waals surface area (Å²) < 4.78 is 0. The molecule has 2 heterocycles. The van der Waals surface area contributed by atoms with Crippen LogP contribution < -0.4 is 4.90 Å². The Morgan fingerprint density at radius 3 is 1.88 bits per heavy atom. The van der Waals surface area contributed by atoms with Crippen molar-refractivity contribution in [2.45, 2.75) is 51.4 Å². The zero-order valence-electron chi connectivity index (χ0n) is 11.4. The molecule has 0 saturated carbocycles. The van der Waals surface area contributed by atoms with Gasteiger partial charge in [-0.1, -0.05) is 27.7 Å². The SMILES string of the molecule is CC1(C)CCN2CCC(C)(C)c3c[c]cc1c32. The first kappa shape index (κ1) is 11.1. The molecule has 1 aromatic carbocycles. The zero-order valence-corrected chi connectivity index (χ0v) is 11.4. The van der Waals surface area contributed by atoms with E-state index in [4.69, 9.17) is 0 Å². The summed E-state index contributed by atoms with van der Waals surface area (Å²) in [5.41, 5.74) is 5.16. The second kappa shape index (κ2) is 3.28. The van der Waals surface area contributed by atoms with Crippen LogP contribution in [0.4, 0.5) is 5.69 Å². The van der Waals surface area contributed by atoms with Crippen molar-refractivity contribution >= 4 is 5.69 Å². The molecule has 0 aliphatic carbocycles. The number of hydrogen-bond acceptors (Lipinski definition) is 1. The van der Waals surface area contributed by atoms with Gasteiger partial charge in [0.2, 0.25) is 0 Å². The minimum absolute atomic E-state index is 0.311. The third-order valence-corrected chi connectivity index (χ3v) is 4.75. The number of rotatable bonds is 0. The summed E-state index contributed by atoms with van der Waals surface area (Å²) in [4.78, 5) is 2.59. The predicted molar refractivity (Wildman–Crippen MR) is 72.8 cm³/mol. The maximum Gasteiger partial charge on any atom is 0.0442 e. The first-order valence-electron chi connectivity index (χ1n) is 6.72. The van der Waals surface area contributed by atoms with Gasteiger partial charge in [-0.15, -0.1) is 0 Å². The quantitative estimate of drug-likeness (QED) is 0.655. The van der Waals surface area contributed by atoms with Crippen molar-refractivity contribution in [3.63, 3.8) is 0 Å². The smallest absolute Gasteiger partial charge is 0.0442 e. The molecule has 1 heteroatoms. The molecule has 0 aromatic heterocycles. The largest absolute Gasteiger partial charge is 0.371 e. The summed E-state index contributed by atoms with van der Waals surface area (Å²) in [5, 5.41) is 0. The third kappa shape index (κ3) is 1.51. The van der Waals surface area contributed by atoms with E-state index in [2.05, 4.69) is 50.8 Å². The zero-order chi connectivity index (χ0) is 12.3. The molecule has 91 valence electrons. The molecule has 3 rings (SSSR count). The van der Waals surface area contributed by atoms with Gasteiger partial charge in [0, 0.05) is 18.8 Å². The van der Waals surface area contributed by atoms with Gasteiger partial charge in [-0.05, 0) is 53.0 Å². The van der Waals surface area contributed by atoms with Gasteiger partial charge in [0.25, 0.3) is 0 Å². The highest BCUT2D eigenvalue weighted by Crippen LogP contribution is 2.48. The minimum Gasteiger partial charge on any atom is -0.371 e. The van der Waals surface area contributed by atoms with Crippen LogP contribution in [-0.4, -0.2) is 13.1 Å². The number of anilines is 1. The molecule has 1 nitrogen and oxygen atoms in total. The lowest BCUT2D eigenvalue weighted by Crippen LogP contribution is -2.44. The first-order chi connectivity index (χ1) is 7.92. The van der Waals surface area contributed by atoms with Crippen molar-refractivity contribution in [1.82, 2.24) is 0 Å². The van der Waals surface area contributed by atoms with Crippen LogP contribution in [0.2, 0.25) is 0 Å². The van der Waals surface area contributed by atoms with Crippen LogP contribution in [0.15, 0.2) is 12.1 Å². The summed E-state index contributed by atoms with van der Waals surface area (Å²) in [7, 11) is 0. The molecule has 0 unspecified atom stereocenters. The lowest BCUT2D eigenvalue weighted by Gasteiger charge is -2.47. The van der Waals surface area contributed by atoms with Crippen LogP contribution in [0, 0.1) is 6.07 Å². The Bertz CT molecular complexity index is 418. The van der Waals surface area contributed by atoms with E-state index < -0.39 is 0 Å². The van der Waals surface area contributed by atoms with Crippen LogP contribution in [0.5, 0.6) is 0 Å². The average Bonchev–Trinajstić information content (AvgIpc) is 2.27. The Balaban J connectivity index is 2.26. The first-order valence-corrected chi connectivity index (χ1v) is 6.72. The molecule has 0 N–H and O–H groups in total. The standard InChI is InChI=1S/C16H22N/c1-15(2)8-10-17-11-9-16(3,4)13-7-5-6-12(15)14(13)17/h6-7H,8-11H2,1-4H3. The van der Waals surface area contributed by atoms with Crippen molar-refractivity contribution in [3.8, 4) is 0 Å². The van der Waals surface area contributed by atoms with E-state index >= 15 is 0 Å². The Morgan fingerprint density at radius 1 is 0.941 bits per heavy atom. The lowest BCUT2D eigenvalue weighted by atomic mass is 9.70. The van der Waals surface area contributed by atoms with Crippen LogP contribution in [0.1, 0.15) is 51.7 Å². The van der Waals surface area contributed by atoms with E-state index in [1.807, 2.05) is 0 Å². The van der Waals surface area contributed by atoms with Gasteiger partial charge in [0.1, 0.15) is 0 Å². The molecule has 2 aliphatic rings. The summed E-state index contributed by atoms with van der Waals surface area (Å²) in [5.74, 6) is 0. The fourth-order valence-electron chi connectivity index (χ4n) is 3.30. The normalized spacial score (nSPS) is 24.4. The van der Waals surface area contributed by atoms with Gasteiger partial charge in [0.05, 0.1) is 0 Å². The molecular weight excluding hydrogens is 206 g/mol. The van der Waals surface area contributed by atoms with Crippen molar-refractivity contribution in [2.24, 2.45) is 0 Å². The summed E-state index contributed by atoms with van der Waals surface area (Å²) in [6, 6.07) is 7.81. The molecule has 1 aromatic rings. The van der Waals surface area contributed by atoms with Gasteiger partial charge in [-0.3, -0.25) is 0 Å². The number of nitrogens with zero attached hydrogens (tertiary/aromatic N) is 1. The van der Waals surface area contributed by atoms with E-state index in [1.165, 1.54) is 42.7 Å². The fourth-order valence-corrected chi connectivity index (χ4v) is 3.30. The Morgan fingerprint density at radius 2 is 1.41 bits per heavy atom. The summed E-state index contributed by atoms with van der Waals surface area (Å²) in [6.45, 7) is 11.9. The van der Waals surface area contributed by atoms with Gasteiger partial charge >= 0.3 is 0 Å². The monoisotopic (exact) mass is 228 g/mol. The van der Waals surface area contributed by atoms with Crippen LogP contribution >= 0.6 is 0 Å². The van der Waals surface area contributed by atoms with E-state index in [0.717, 1.165) is 0 Å². The third-order valence-electron chi connectivity index (χ3n) is 4.75.